The fourth-order valence-electron chi connectivity index (χ4n) is 1.76. The van der Waals surface area contributed by atoms with E-state index in [4.69, 9.17) is 9.84 Å². The molecule has 7 nitrogen and oxygen atoms in total. The second-order valence-corrected chi connectivity index (χ2v) is 3.88. The number of amides is 2. The van der Waals surface area contributed by atoms with Gasteiger partial charge >= 0.3 is 12.1 Å². The molecule has 100 valence electrons. The van der Waals surface area contributed by atoms with Gasteiger partial charge in [-0.1, -0.05) is 12.7 Å². The van der Waals surface area contributed by atoms with Crippen molar-refractivity contribution in [1.29, 1.82) is 0 Å². The normalized spacial score (nSPS) is 19.3. The molecule has 1 atom stereocenters. The lowest BCUT2D eigenvalue weighted by Crippen LogP contribution is -2.59. The third-order valence-corrected chi connectivity index (χ3v) is 2.65. The van der Waals surface area contributed by atoms with Crippen LogP contribution in [0, 0.1) is 0 Å². The van der Waals surface area contributed by atoms with Crippen molar-refractivity contribution in [3.05, 3.63) is 12.7 Å². The van der Waals surface area contributed by atoms with Gasteiger partial charge in [0.1, 0.15) is 12.6 Å². The van der Waals surface area contributed by atoms with E-state index < -0.39 is 18.1 Å². The molecule has 0 radical (unpaired) electrons. The minimum Gasteiger partial charge on any atom is -0.480 e. The predicted octanol–water partition coefficient (Wildman–Crippen LogP) is -0.0737. The van der Waals surface area contributed by atoms with Crippen LogP contribution in [0.1, 0.15) is 6.92 Å². The van der Waals surface area contributed by atoms with Crippen LogP contribution in [0.3, 0.4) is 0 Å². The first kappa shape index (κ1) is 14.0. The van der Waals surface area contributed by atoms with Gasteiger partial charge in [0.2, 0.25) is 5.91 Å². The first-order valence-electron chi connectivity index (χ1n) is 5.50. The number of nitrogens with zero attached hydrogens (tertiary/aromatic N) is 2. The molecule has 1 heterocycles. The van der Waals surface area contributed by atoms with E-state index in [-0.39, 0.29) is 32.1 Å². The van der Waals surface area contributed by atoms with Crippen LogP contribution in [0.2, 0.25) is 0 Å². The lowest BCUT2D eigenvalue weighted by atomic mass is 10.1. The Morgan fingerprint density at radius 2 is 2.11 bits per heavy atom. The monoisotopic (exact) mass is 256 g/mol. The van der Waals surface area contributed by atoms with Crippen molar-refractivity contribution in [3.63, 3.8) is 0 Å². The molecule has 1 fully saturated rings. The molecule has 2 amide bonds. The second-order valence-electron chi connectivity index (χ2n) is 3.88. The number of ether oxygens (including phenoxy) is 1. The molecule has 0 aromatic rings. The molecular weight excluding hydrogens is 240 g/mol. The van der Waals surface area contributed by atoms with Crippen molar-refractivity contribution in [2.75, 3.05) is 26.2 Å². The number of carboxylic acids is 1. The van der Waals surface area contributed by atoms with Gasteiger partial charge < -0.3 is 19.6 Å². The molecule has 1 N–H and O–H groups in total. The van der Waals surface area contributed by atoms with E-state index >= 15 is 0 Å². The fourth-order valence-corrected chi connectivity index (χ4v) is 1.76. The average Bonchev–Trinajstić information content (AvgIpc) is 2.34. The Hall–Kier alpha value is -2.05. The maximum absolute atomic E-state index is 11.6. The summed E-state index contributed by atoms with van der Waals surface area (Å²) in [5.41, 5.74) is 0. The SMILES string of the molecule is C=CCOC(=O)N1CCN(C(C)=O)C(C(=O)O)C1. The van der Waals surface area contributed by atoms with Crippen LogP contribution < -0.4 is 0 Å². The third kappa shape index (κ3) is 3.22. The molecule has 0 saturated carbocycles. The second kappa shape index (κ2) is 6.04. The number of carbonyl (C=O) groups is 3. The number of aliphatic carboxylic acids is 1. The van der Waals surface area contributed by atoms with E-state index in [1.807, 2.05) is 0 Å². The van der Waals surface area contributed by atoms with E-state index in [0.29, 0.717) is 0 Å². The Kier molecular flexibility index (Phi) is 4.70. The van der Waals surface area contributed by atoms with Crippen molar-refractivity contribution >= 4 is 18.0 Å². The fraction of sp³-hybridized carbons (Fsp3) is 0.545. The summed E-state index contributed by atoms with van der Waals surface area (Å²) in [7, 11) is 0. The largest absolute Gasteiger partial charge is 0.480 e. The Labute approximate surface area is 105 Å². The quantitative estimate of drug-likeness (QED) is 0.714. The zero-order valence-corrected chi connectivity index (χ0v) is 10.2. The van der Waals surface area contributed by atoms with E-state index in [1.165, 1.54) is 22.8 Å². The molecule has 7 heteroatoms. The highest BCUT2D eigenvalue weighted by molar-refractivity contribution is 5.83. The van der Waals surface area contributed by atoms with Crippen LogP contribution in [-0.4, -0.2) is 65.2 Å². The maximum Gasteiger partial charge on any atom is 0.410 e. The summed E-state index contributed by atoms with van der Waals surface area (Å²) in [6, 6.07) is -1.02. The lowest BCUT2D eigenvalue weighted by molar-refractivity contribution is -0.152. The summed E-state index contributed by atoms with van der Waals surface area (Å²) in [4.78, 5) is 36.4. The van der Waals surface area contributed by atoms with E-state index in [2.05, 4.69) is 6.58 Å². The summed E-state index contributed by atoms with van der Waals surface area (Å²) in [6.45, 7) is 5.18. The van der Waals surface area contributed by atoms with Gasteiger partial charge in [0.25, 0.3) is 0 Å². The third-order valence-electron chi connectivity index (χ3n) is 2.65. The Morgan fingerprint density at radius 3 is 2.61 bits per heavy atom. The molecule has 0 aliphatic carbocycles. The van der Waals surface area contributed by atoms with Gasteiger partial charge in [-0.3, -0.25) is 4.79 Å². The van der Waals surface area contributed by atoms with Crippen molar-refractivity contribution in [3.8, 4) is 0 Å². The van der Waals surface area contributed by atoms with Gasteiger partial charge in [0.15, 0.2) is 0 Å². The molecule has 18 heavy (non-hydrogen) atoms. The zero-order chi connectivity index (χ0) is 13.7. The number of hydrogen-bond donors (Lipinski definition) is 1. The van der Waals surface area contributed by atoms with Crippen LogP contribution in [0.25, 0.3) is 0 Å². The molecule has 1 unspecified atom stereocenters. The minimum atomic E-state index is -1.13. The smallest absolute Gasteiger partial charge is 0.410 e. The van der Waals surface area contributed by atoms with E-state index in [9.17, 15) is 14.4 Å². The molecule has 0 aromatic heterocycles. The van der Waals surface area contributed by atoms with Gasteiger partial charge in [0, 0.05) is 20.0 Å². The topological polar surface area (TPSA) is 87.2 Å². The maximum atomic E-state index is 11.6. The van der Waals surface area contributed by atoms with Gasteiger partial charge in [-0.25, -0.2) is 9.59 Å². The van der Waals surface area contributed by atoms with Crippen molar-refractivity contribution in [2.24, 2.45) is 0 Å². The minimum absolute atomic E-state index is 0.0646. The molecule has 0 aromatic carbocycles. The van der Waals surface area contributed by atoms with Gasteiger partial charge in [-0.15, -0.1) is 0 Å². The predicted molar refractivity (Wildman–Crippen MR) is 61.9 cm³/mol. The summed E-state index contributed by atoms with van der Waals surface area (Å²) in [5.74, 6) is -1.45. The summed E-state index contributed by atoms with van der Waals surface area (Å²) in [6.07, 6.45) is 0.836. The van der Waals surface area contributed by atoms with Crippen molar-refractivity contribution < 1.29 is 24.2 Å². The number of carboxylic acid groups (broad SMARTS) is 1. The molecule has 1 aliphatic rings. The molecular formula is C11H16N2O5. The van der Waals surface area contributed by atoms with Crippen LogP contribution >= 0.6 is 0 Å². The molecule has 0 spiro atoms. The zero-order valence-electron chi connectivity index (χ0n) is 10.2. The highest BCUT2D eigenvalue weighted by Gasteiger charge is 2.36. The molecule has 0 bridgehead atoms. The van der Waals surface area contributed by atoms with Crippen LogP contribution in [0.4, 0.5) is 4.79 Å². The molecule has 1 rings (SSSR count). The van der Waals surface area contributed by atoms with Crippen LogP contribution in [0.15, 0.2) is 12.7 Å². The highest BCUT2D eigenvalue weighted by Crippen LogP contribution is 2.11. The first-order valence-corrected chi connectivity index (χ1v) is 5.50. The van der Waals surface area contributed by atoms with Gasteiger partial charge in [0.05, 0.1) is 6.54 Å². The Bertz CT molecular complexity index is 368. The van der Waals surface area contributed by atoms with Crippen molar-refractivity contribution in [2.45, 2.75) is 13.0 Å². The van der Waals surface area contributed by atoms with Crippen LogP contribution in [0.5, 0.6) is 0 Å². The summed E-state index contributed by atoms with van der Waals surface area (Å²) in [5, 5.41) is 9.04. The van der Waals surface area contributed by atoms with E-state index in [0.717, 1.165) is 0 Å². The first-order chi connectivity index (χ1) is 8.47. The Morgan fingerprint density at radius 1 is 1.44 bits per heavy atom. The highest BCUT2D eigenvalue weighted by atomic mass is 16.6. The number of hydrogen-bond acceptors (Lipinski definition) is 4. The summed E-state index contributed by atoms with van der Waals surface area (Å²) >= 11 is 0. The molecule has 1 aliphatic heterocycles. The number of piperazine rings is 1. The Balaban J connectivity index is 2.68. The number of carbonyl (C=O) groups excluding carboxylic acids is 2. The van der Waals surface area contributed by atoms with Gasteiger partial charge in [-0.2, -0.15) is 0 Å². The summed E-state index contributed by atoms with van der Waals surface area (Å²) < 4.78 is 4.83. The molecule has 1 saturated heterocycles. The number of rotatable bonds is 3. The van der Waals surface area contributed by atoms with E-state index in [1.54, 1.807) is 0 Å². The van der Waals surface area contributed by atoms with Crippen LogP contribution in [-0.2, 0) is 14.3 Å². The average molecular weight is 256 g/mol. The van der Waals surface area contributed by atoms with Gasteiger partial charge in [-0.05, 0) is 0 Å². The van der Waals surface area contributed by atoms with Crippen molar-refractivity contribution in [1.82, 2.24) is 9.80 Å². The lowest BCUT2D eigenvalue weighted by Gasteiger charge is -2.38. The standard InChI is InChI=1S/C11H16N2O5/c1-3-6-18-11(17)12-4-5-13(8(2)14)9(7-12)10(15)16/h3,9H,1,4-7H2,2H3,(H,15,16).